The highest BCUT2D eigenvalue weighted by molar-refractivity contribution is 7.13. The summed E-state index contributed by atoms with van der Waals surface area (Å²) in [5.41, 5.74) is 7.19. The predicted molar refractivity (Wildman–Crippen MR) is 83.9 cm³/mol. The highest BCUT2D eigenvalue weighted by Gasteiger charge is 2.29. The Balaban J connectivity index is 1.87. The Kier molecular flexibility index (Phi) is 3.84. The fourth-order valence-electron chi connectivity index (χ4n) is 2.76. The van der Waals surface area contributed by atoms with E-state index in [2.05, 4.69) is 10.3 Å². The number of benzene rings is 1. The summed E-state index contributed by atoms with van der Waals surface area (Å²) in [7, 11) is 0. The van der Waals surface area contributed by atoms with Gasteiger partial charge in [0.1, 0.15) is 5.82 Å². The molecule has 1 aliphatic heterocycles. The number of hydrogen-bond acceptors (Lipinski definition) is 5. The average Bonchev–Trinajstić information content (AvgIpc) is 3.06. The molecule has 1 aliphatic rings. The van der Waals surface area contributed by atoms with Gasteiger partial charge in [-0.2, -0.15) is 0 Å². The summed E-state index contributed by atoms with van der Waals surface area (Å²) < 4.78 is 14.3. The molecule has 0 radical (unpaired) electrons. The van der Waals surface area contributed by atoms with E-state index >= 15 is 0 Å². The zero-order valence-corrected chi connectivity index (χ0v) is 12.4. The number of hydrogen-bond donors (Lipinski definition) is 3. The molecule has 1 atom stereocenters. The Morgan fingerprint density at radius 2 is 2.36 bits per heavy atom. The van der Waals surface area contributed by atoms with Crippen LogP contribution in [0.2, 0.25) is 0 Å². The van der Waals surface area contributed by atoms with Crippen LogP contribution in [0.3, 0.4) is 0 Å². The molecule has 3 rings (SSSR count). The molecule has 1 aromatic carbocycles. The Bertz CT molecular complexity index is 706. The second-order valence-electron chi connectivity index (χ2n) is 5.06. The minimum atomic E-state index is -1.22. The third-order valence-electron chi connectivity index (χ3n) is 3.64. The van der Waals surface area contributed by atoms with Gasteiger partial charge in [0.05, 0.1) is 17.4 Å². The lowest BCUT2D eigenvalue weighted by Crippen LogP contribution is -2.24. The number of nitrogens with one attached hydrogen (secondary N) is 1. The van der Waals surface area contributed by atoms with Gasteiger partial charge in [-0.15, -0.1) is 11.3 Å². The third kappa shape index (κ3) is 2.82. The molecule has 1 amide bonds. The molecule has 2 heterocycles. The van der Waals surface area contributed by atoms with E-state index in [-0.39, 0.29) is 11.7 Å². The molecule has 1 fully saturated rings. The molecule has 0 aliphatic carbocycles. The van der Waals surface area contributed by atoms with E-state index in [9.17, 15) is 9.18 Å². The van der Waals surface area contributed by atoms with Crippen LogP contribution in [-0.2, 0) is 0 Å². The van der Waals surface area contributed by atoms with Gasteiger partial charge in [0.2, 0.25) is 0 Å². The quantitative estimate of drug-likeness (QED) is 0.806. The van der Waals surface area contributed by atoms with Crippen molar-refractivity contribution in [2.24, 2.45) is 0 Å². The largest absolute Gasteiger partial charge is 0.465 e. The molecule has 0 bridgehead atoms. The lowest BCUT2D eigenvalue weighted by Gasteiger charge is -2.26. The lowest BCUT2D eigenvalue weighted by atomic mass is 10.1. The van der Waals surface area contributed by atoms with Crippen molar-refractivity contribution in [1.82, 2.24) is 4.98 Å². The van der Waals surface area contributed by atoms with Gasteiger partial charge in [-0.25, -0.2) is 14.2 Å². The zero-order chi connectivity index (χ0) is 15.7. The van der Waals surface area contributed by atoms with Crippen LogP contribution in [0.15, 0.2) is 23.6 Å². The SMILES string of the molecule is Nc1nc([C@H]2CCCN2c2ccc(NC(=O)O)cc2F)cs1. The van der Waals surface area contributed by atoms with Gasteiger partial charge in [-0.05, 0) is 31.0 Å². The molecule has 116 valence electrons. The van der Waals surface area contributed by atoms with Crippen molar-refractivity contribution in [1.29, 1.82) is 0 Å². The monoisotopic (exact) mass is 322 g/mol. The normalized spacial score (nSPS) is 17.7. The first-order valence-corrected chi connectivity index (χ1v) is 7.69. The number of nitrogen functional groups attached to an aromatic ring is 1. The molecule has 22 heavy (non-hydrogen) atoms. The molecule has 2 aromatic rings. The Labute approximate surface area is 130 Å². The minimum Gasteiger partial charge on any atom is -0.465 e. The third-order valence-corrected chi connectivity index (χ3v) is 4.33. The number of halogens is 1. The van der Waals surface area contributed by atoms with E-state index < -0.39 is 11.9 Å². The number of anilines is 3. The molecule has 0 spiro atoms. The predicted octanol–water partition coefficient (Wildman–Crippen LogP) is 3.30. The van der Waals surface area contributed by atoms with E-state index in [1.54, 1.807) is 12.1 Å². The first kappa shape index (κ1) is 14.6. The van der Waals surface area contributed by atoms with Crippen LogP contribution in [0.25, 0.3) is 0 Å². The minimum absolute atomic E-state index is 0.00123. The first-order valence-electron chi connectivity index (χ1n) is 6.81. The van der Waals surface area contributed by atoms with Gasteiger partial charge >= 0.3 is 6.09 Å². The van der Waals surface area contributed by atoms with Crippen molar-refractivity contribution in [2.45, 2.75) is 18.9 Å². The topological polar surface area (TPSA) is 91.5 Å². The Morgan fingerprint density at radius 1 is 1.55 bits per heavy atom. The van der Waals surface area contributed by atoms with Crippen LogP contribution in [0.4, 0.5) is 25.7 Å². The van der Waals surface area contributed by atoms with Gasteiger partial charge in [-0.1, -0.05) is 0 Å². The van der Waals surface area contributed by atoms with E-state index in [4.69, 9.17) is 10.8 Å². The molecule has 1 aromatic heterocycles. The summed E-state index contributed by atoms with van der Waals surface area (Å²) in [6.07, 6.45) is 0.609. The first-order chi connectivity index (χ1) is 10.5. The number of aromatic nitrogens is 1. The maximum Gasteiger partial charge on any atom is 0.409 e. The average molecular weight is 322 g/mol. The summed E-state index contributed by atoms with van der Waals surface area (Å²) in [6.45, 7) is 0.727. The van der Waals surface area contributed by atoms with Gasteiger partial charge in [0, 0.05) is 17.6 Å². The van der Waals surface area contributed by atoms with Gasteiger partial charge in [0.15, 0.2) is 5.13 Å². The van der Waals surface area contributed by atoms with Crippen molar-refractivity contribution in [2.75, 3.05) is 22.5 Å². The van der Waals surface area contributed by atoms with E-state index in [0.29, 0.717) is 10.8 Å². The lowest BCUT2D eigenvalue weighted by molar-refractivity contribution is 0.209. The van der Waals surface area contributed by atoms with Crippen LogP contribution < -0.4 is 16.0 Å². The van der Waals surface area contributed by atoms with Crippen molar-refractivity contribution >= 4 is 33.9 Å². The van der Waals surface area contributed by atoms with Crippen LogP contribution in [-0.4, -0.2) is 22.7 Å². The van der Waals surface area contributed by atoms with Gasteiger partial charge in [0.25, 0.3) is 0 Å². The number of rotatable bonds is 3. The van der Waals surface area contributed by atoms with E-state index in [0.717, 1.165) is 25.1 Å². The van der Waals surface area contributed by atoms with E-state index in [1.807, 2.05) is 10.3 Å². The molecule has 0 saturated carbocycles. The Hall–Kier alpha value is -2.35. The number of carbonyl (C=O) groups is 1. The molecular formula is C14H15FN4O2S. The van der Waals surface area contributed by atoms with Crippen molar-refractivity contribution in [3.8, 4) is 0 Å². The van der Waals surface area contributed by atoms with Crippen molar-refractivity contribution in [3.63, 3.8) is 0 Å². The summed E-state index contributed by atoms with van der Waals surface area (Å²) >= 11 is 1.37. The molecular weight excluding hydrogens is 307 g/mol. The number of thiazole rings is 1. The maximum absolute atomic E-state index is 14.3. The van der Waals surface area contributed by atoms with Crippen LogP contribution in [0.1, 0.15) is 24.6 Å². The van der Waals surface area contributed by atoms with Gasteiger partial charge < -0.3 is 15.7 Å². The zero-order valence-electron chi connectivity index (χ0n) is 11.6. The number of nitrogens with zero attached hydrogens (tertiary/aromatic N) is 2. The van der Waals surface area contributed by atoms with Crippen LogP contribution in [0, 0.1) is 5.82 Å². The van der Waals surface area contributed by atoms with E-state index in [1.165, 1.54) is 17.4 Å². The fraction of sp³-hybridized carbons (Fsp3) is 0.286. The molecule has 1 saturated heterocycles. The Morgan fingerprint density at radius 3 is 3.00 bits per heavy atom. The summed E-state index contributed by atoms with van der Waals surface area (Å²) in [5, 5.41) is 13.2. The fourth-order valence-corrected chi connectivity index (χ4v) is 3.37. The number of carboxylic acid groups (broad SMARTS) is 1. The van der Waals surface area contributed by atoms with Crippen LogP contribution >= 0.6 is 11.3 Å². The standard InChI is InChI=1S/C14H15FN4O2S/c15-9-6-8(17-14(20)21)3-4-11(9)19-5-1-2-12(19)10-7-22-13(16)18-10/h3-4,6-7,12,17H,1-2,5H2,(H2,16,18)(H,20,21)/t12-/m1/s1. The smallest absolute Gasteiger partial charge is 0.409 e. The van der Waals surface area contributed by atoms with Gasteiger partial charge in [-0.3, -0.25) is 5.32 Å². The summed E-state index contributed by atoms with van der Waals surface area (Å²) in [6, 6.07) is 4.33. The molecule has 0 unspecified atom stereocenters. The highest BCUT2D eigenvalue weighted by atomic mass is 32.1. The summed E-state index contributed by atoms with van der Waals surface area (Å²) in [5.74, 6) is -0.457. The number of nitrogens with two attached hydrogens (primary N) is 1. The maximum atomic E-state index is 14.3. The second-order valence-corrected chi connectivity index (χ2v) is 5.95. The number of amides is 1. The summed E-state index contributed by atoms with van der Waals surface area (Å²) in [4.78, 5) is 16.8. The highest BCUT2D eigenvalue weighted by Crippen LogP contribution is 2.38. The van der Waals surface area contributed by atoms with Crippen molar-refractivity contribution in [3.05, 3.63) is 35.1 Å². The van der Waals surface area contributed by atoms with Crippen LogP contribution in [0.5, 0.6) is 0 Å². The molecule has 4 N–H and O–H groups in total. The second kappa shape index (κ2) is 5.80. The molecule has 6 nitrogen and oxygen atoms in total. The van der Waals surface area contributed by atoms with Crippen molar-refractivity contribution < 1.29 is 14.3 Å². The molecule has 8 heteroatoms.